The standard InChI is InChI=1S/C18H25BrN2O3/c1-18(2,3)24-17(23)20-9-15(11-4-5-11)21-10-12-8-13(19)6-7-14(12)16(21)22/h6-8,11,15-16,22H,4-5,9-10H2,1-3H3,(H,20,23). The van der Waals surface area contributed by atoms with Gasteiger partial charge in [-0.1, -0.05) is 22.0 Å². The fourth-order valence-electron chi connectivity index (χ4n) is 3.26. The van der Waals surface area contributed by atoms with Gasteiger partial charge >= 0.3 is 6.09 Å². The fraction of sp³-hybridized carbons (Fsp3) is 0.611. The summed E-state index contributed by atoms with van der Waals surface area (Å²) in [6.07, 6.45) is 1.27. The number of nitrogens with zero attached hydrogens (tertiary/aromatic N) is 1. The van der Waals surface area contributed by atoms with E-state index in [1.807, 2.05) is 32.9 Å². The Morgan fingerprint density at radius 2 is 2.17 bits per heavy atom. The first-order valence-corrected chi connectivity index (χ1v) is 9.23. The summed E-state index contributed by atoms with van der Waals surface area (Å²) in [5, 5.41) is 13.6. The summed E-state index contributed by atoms with van der Waals surface area (Å²) in [7, 11) is 0. The van der Waals surface area contributed by atoms with Gasteiger partial charge in [-0.15, -0.1) is 0 Å². The van der Waals surface area contributed by atoms with E-state index >= 15 is 0 Å². The van der Waals surface area contributed by atoms with Crippen LogP contribution in [0.5, 0.6) is 0 Å². The highest BCUT2D eigenvalue weighted by Gasteiger charge is 2.41. The normalized spacial score (nSPS) is 22.1. The molecule has 0 saturated heterocycles. The largest absolute Gasteiger partial charge is 0.444 e. The number of aliphatic hydroxyl groups excluding tert-OH is 1. The Morgan fingerprint density at radius 3 is 2.79 bits per heavy atom. The third kappa shape index (κ3) is 4.10. The number of carbonyl (C=O) groups is 1. The third-order valence-electron chi connectivity index (χ3n) is 4.50. The van der Waals surface area contributed by atoms with E-state index in [-0.39, 0.29) is 6.04 Å². The van der Waals surface area contributed by atoms with Crippen LogP contribution in [-0.4, -0.2) is 34.3 Å². The molecule has 1 heterocycles. The second-order valence-electron chi connectivity index (χ2n) is 7.68. The molecule has 1 amide bonds. The number of benzene rings is 1. The minimum Gasteiger partial charge on any atom is -0.444 e. The van der Waals surface area contributed by atoms with E-state index in [1.54, 1.807) is 0 Å². The van der Waals surface area contributed by atoms with Crippen LogP contribution in [-0.2, 0) is 11.3 Å². The van der Waals surface area contributed by atoms with Gasteiger partial charge in [0.2, 0.25) is 0 Å². The highest BCUT2D eigenvalue weighted by atomic mass is 79.9. The number of carbonyl (C=O) groups excluding carboxylic acids is 1. The van der Waals surface area contributed by atoms with Gasteiger partial charge in [0.25, 0.3) is 0 Å². The van der Waals surface area contributed by atoms with E-state index in [0.29, 0.717) is 19.0 Å². The molecule has 2 aliphatic rings. The van der Waals surface area contributed by atoms with Crippen molar-refractivity contribution in [1.82, 2.24) is 10.2 Å². The Labute approximate surface area is 151 Å². The van der Waals surface area contributed by atoms with Crippen LogP contribution in [0.25, 0.3) is 0 Å². The topological polar surface area (TPSA) is 61.8 Å². The summed E-state index contributed by atoms with van der Waals surface area (Å²) in [6.45, 7) is 6.75. The lowest BCUT2D eigenvalue weighted by molar-refractivity contribution is -0.0239. The zero-order valence-electron chi connectivity index (χ0n) is 14.4. The second kappa shape index (κ2) is 6.65. The van der Waals surface area contributed by atoms with Crippen LogP contribution in [0, 0.1) is 5.92 Å². The summed E-state index contributed by atoms with van der Waals surface area (Å²) in [5.41, 5.74) is 1.59. The van der Waals surface area contributed by atoms with Crippen molar-refractivity contribution in [1.29, 1.82) is 0 Å². The zero-order chi connectivity index (χ0) is 17.5. The number of amides is 1. The number of halogens is 1. The molecule has 0 spiro atoms. The average molecular weight is 397 g/mol. The van der Waals surface area contributed by atoms with Gasteiger partial charge in [0.05, 0.1) is 0 Å². The number of rotatable bonds is 4. The molecule has 2 atom stereocenters. The smallest absolute Gasteiger partial charge is 0.407 e. The molecule has 2 unspecified atom stereocenters. The van der Waals surface area contributed by atoms with Crippen molar-refractivity contribution in [2.75, 3.05) is 6.54 Å². The van der Waals surface area contributed by atoms with Gasteiger partial charge in [0.1, 0.15) is 11.8 Å². The number of hydrogen-bond acceptors (Lipinski definition) is 4. The lowest BCUT2D eigenvalue weighted by Crippen LogP contribution is -2.45. The molecular weight excluding hydrogens is 372 g/mol. The van der Waals surface area contributed by atoms with Crippen LogP contribution < -0.4 is 5.32 Å². The monoisotopic (exact) mass is 396 g/mol. The molecule has 1 aliphatic heterocycles. The predicted molar refractivity (Wildman–Crippen MR) is 95.4 cm³/mol. The van der Waals surface area contributed by atoms with Gasteiger partial charge in [0, 0.05) is 23.6 Å². The number of alkyl carbamates (subject to hydrolysis) is 1. The lowest BCUT2D eigenvalue weighted by Gasteiger charge is -2.31. The Balaban J connectivity index is 1.66. The van der Waals surface area contributed by atoms with Crippen LogP contribution in [0.3, 0.4) is 0 Å². The van der Waals surface area contributed by atoms with Crippen LogP contribution in [0.1, 0.15) is 51.0 Å². The molecule has 0 radical (unpaired) electrons. The maximum Gasteiger partial charge on any atom is 0.407 e. The molecule has 24 heavy (non-hydrogen) atoms. The van der Waals surface area contributed by atoms with E-state index in [1.165, 1.54) is 0 Å². The molecule has 1 aliphatic carbocycles. The van der Waals surface area contributed by atoms with Crippen LogP contribution in [0.4, 0.5) is 4.79 Å². The van der Waals surface area contributed by atoms with Crippen LogP contribution >= 0.6 is 15.9 Å². The van der Waals surface area contributed by atoms with Crippen LogP contribution in [0.15, 0.2) is 22.7 Å². The van der Waals surface area contributed by atoms with Crippen molar-refractivity contribution in [2.45, 2.75) is 58.0 Å². The van der Waals surface area contributed by atoms with Crippen molar-refractivity contribution in [3.8, 4) is 0 Å². The Morgan fingerprint density at radius 1 is 1.46 bits per heavy atom. The van der Waals surface area contributed by atoms with E-state index in [9.17, 15) is 9.90 Å². The number of hydrogen-bond donors (Lipinski definition) is 2. The van der Waals surface area contributed by atoms with Crippen molar-refractivity contribution in [3.63, 3.8) is 0 Å². The summed E-state index contributed by atoms with van der Waals surface area (Å²) >= 11 is 3.49. The molecule has 6 heteroatoms. The fourth-order valence-corrected chi connectivity index (χ4v) is 3.67. The lowest BCUT2D eigenvalue weighted by atomic mass is 10.1. The number of nitrogens with one attached hydrogen (secondary N) is 1. The molecule has 1 fully saturated rings. The minimum absolute atomic E-state index is 0.124. The molecule has 2 N–H and O–H groups in total. The van der Waals surface area contributed by atoms with Gasteiger partial charge in [0.15, 0.2) is 0 Å². The van der Waals surface area contributed by atoms with Gasteiger partial charge in [-0.2, -0.15) is 0 Å². The van der Waals surface area contributed by atoms with Gasteiger partial charge < -0.3 is 15.2 Å². The van der Waals surface area contributed by atoms with Gasteiger partial charge in [-0.05, 0) is 62.8 Å². The summed E-state index contributed by atoms with van der Waals surface area (Å²) < 4.78 is 6.34. The van der Waals surface area contributed by atoms with Crippen molar-refractivity contribution < 1.29 is 14.6 Å². The third-order valence-corrected chi connectivity index (χ3v) is 4.99. The van der Waals surface area contributed by atoms with Gasteiger partial charge in [-0.25, -0.2) is 4.79 Å². The summed E-state index contributed by atoms with van der Waals surface area (Å²) in [6, 6.07) is 6.11. The molecule has 1 aromatic carbocycles. The molecule has 0 aromatic heterocycles. The van der Waals surface area contributed by atoms with E-state index in [0.717, 1.165) is 28.4 Å². The van der Waals surface area contributed by atoms with Gasteiger partial charge in [-0.3, -0.25) is 4.90 Å². The SMILES string of the molecule is CC(C)(C)OC(=O)NCC(C1CC1)N1Cc2cc(Br)ccc2C1O. The highest BCUT2D eigenvalue weighted by molar-refractivity contribution is 9.10. The van der Waals surface area contributed by atoms with E-state index < -0.39 is 17.9 Å². The summed E-state index contributed by atoms with van der Waals surface area (Å²) in [4.78, 5) is 14.0. The Bertz CT molecular complexity index is 625. The van der Waals surface area contributed by atoms with Crippen molar-refractivity contribution >= 4 is 22.0 Å². The molecule has 1 saturated carbocycles. The number of ether oxygens (including phenoxy) is 1. The Kier molecular flexibility index (Phi) is 4.91. The number of fused-ring (bicyclic) bond motifs is 1. The second-order valence-corrected chi connectivity index (χ2v) is 8.59. The van der Waals surface area contributed by atoms with Crippen molar-refractivity contribution in [2.24, 2.45) is 5.92 Å². The molecule has 1 aromatic rings. The maximum absolute atomic E-state index is 11.9. The minimum atomic E-state index is -0.612. The first kappa shape index (κ1) is 17.7. The zero-order valence-corrected chi connectivity index (χ0v) is 16.0. The predicted octanol–water partition coefficient (Wildman–Crippen LogP) is 3.56. The first-order chi connectivity index (χ1) is 11.2. The quantitative estimate of drug-likeness (QED) is 0.816. The average Bonchev–Trinajstić information content (AvgIpc) is 3.24. The van der Waals surface area contributed by atoms with E-state index in [4.69, 9.17) is 4.74 Å². The summed E-state index contributed by atoms with van der Waals surface area (Å²) in [5.74, 6) is 0.521. The molecule has 0 bridgehead atoms. The first-order valence-electron chi connectivity index (χ1n) is 8.43. The number of aliphatic hydroxyl groups is 1. The molecule has 132 valence electrons. The van der Waals surface area contributed by atoms with E-state index in [2.05, 4.69) is 32.2 Å². The molecule has 5 nitrogen and oxygen atoms in total. The van der Waals surface area contributed by atoms with Crippen molar-refractivity contribution in [3.05, 3.63) is 33.8 Å². The highest BCUT2D eigenvalue weighted by Crippen LogP contribution is 2.42. The molecular formula is C18H25BrN2O3. The maximum atomic E-state index is 11.9. The van der Waals surface area contributed by atoms with Crippen LogP contribution in [0.2, 0.25) is 0 Å². The Hall–Kier alpha value is -1.11. The molecule has 3 rings (SSSR count).